The molecule has 0 bridgehead atoms. The van der Waals surface area contributed by atoms with E-state index in [4.69, 9.17) is 20.0 Å². The van der Waals surface area contributed by atoms with Crippen molar-refractivity contribution >= 4 is 5.91 Å². The number of primary amides is 1. The minimum absolute atomic E-state index is 0.0240. The largest absolute Gasteiger partial charge is 0.435 e. The Kier molecular flexibility index (Phi) is 5.69. The summed E-state index contributed by atoms with van der Waals surface area (Å²) >= 11 is 0. The smallest absolute Gasteiger partial charge is 0.271 e. The summed E-state index contributed by atoms with van der Waals surface area (Å²) in [4.78, 5) is 25.1. The Labute approximate surface area is 189 Å². The molecule has 0 aromatic carbocycles. The highest BCUT2D eigenvalue weighted by atomic mass is 16.5. The lowest BCUT2D eigenvalue weighted by Gasteiger charge is -2.28. The summed E-state index contributed by atoms with van der Waals surface area (Å²) in [5.74, 6) is -0.213. The molecule has 1 fully saturated rings. The van der Waals surface area contributed by atoms with Crippen LogP contribution in [0.1, 0.15) is 49.1 Å². The Bertz CT molecular complexity index is 1220. The van der Waals surface area contributed by atoms with E-state index < -0.39 is 5.91 Å². The second kappa shape index (κ2) is 8.94. The van der Waals surface area contributed by atoms with Gasteiger partial charge >= 0.3 is 0 Å². The van der Waals surface area contributed by atoms with E-state index in [1.807, 2.05) is 17.8 Å². The number of aromatic amines is 1. The number of hydrogen-bond acceptors (Lipinski definition) is 8. The molecule has 0 aliphatic heterocycles. The van der Waals surface area contributed by atoms with E-state index in [-0.39, 0.29) is 29.5 Å². The van der Waals surface area contributed by atoms with Gasteiger partial charge in [-0.15, -0.1) is 0 Å². The van der Waals surface area contributed by atoms with Gasteiger partial charge in [0, 0.05) is 31.4 Å². The van der Waals surface area contributed by atoms with Gasteiger partial charge in [-0.2, -0.15) is 10.2 Å². The predicted octanol–water partition coefficient (Wildman–Crippen LogP) is 3.00. The van der Waals surface area contributed by atoms with Crippen LogP contribution >= 0.6 is 0 Å². The van der Waals surface area contributed by atoms with Crippen LogP contribution in [0.15, 0.2) is 41.6 Å². The first-order chi connectivity index (χ1) is 16.1. The van der Waals surface area contributed by atoms with Gasteiger partial charge in [-0.1, -0.05) is 0 Å². The summed E-state index contributed by atoms with van der Waals surface area (Å²) in [7, 11) is 0. The van der Waals surface area contributed by atoms with Crippen molar-refractivity contribution in [2.75, 3.05) is 6.61 Å². The second-order valence-corrected chi connectivity index (χ2v) is 7.90. The standard InChI is InChI=1S/C22H24N8O3/c1-2-32-15-5-3-14(4-6-15)30-12-16(18(29-30)17-11-24-7-8-25-17)20-19(21(23)31)28-22(33-20)13-9-26-27-10-13/h7-12,14-15H,2-6H2,1H3,(H2,23,31)(H,26,27). The zero-order valence-electron chi connectivity index (χ0n) is 18.1. The fourth-order valence-electron chi connectivity index (χ4n) is 4.23. The van der Waals surface area contributed by atoms with Crippen molar-refractivity contribution in [2.45, 2.75) is 44.8 Å². The van der Waals surface area contributed by atoms with Gasteiger partial charge in [-0.3, -0.25) is 24.5 Å². The summed E-state index contributed by atoms with van der Waals surface area (Å²) in [5, 5.41) is 11.5. The van der Waals surface area contributed by atoms with Gasteiger partial charge in [-0.05, 0) is 32.6 Å². The molecule has 0 unspecified atom stereocenters. The molecule has 170 valence electrons. The van der Waals surface area contributed by atoms with Crippen LogP contribution < -0.4 is 5.73 Å². The number of nitrogens with zero attached hydrogens (tertiary/aromatic N) is 6. The molecule has 1 saturated carbocycles. The molecule has 4 aromatic rings. The molecule has 1 aliphatic rings. The molecule has 0 atom stereocenters. The number of ether oxygens (including phenoxy) is 1. The molecule has 5 rings (SSSR count). The third-order valence-electron chi connectivity index (χ3n) is 5.81. The fraction of sp³-hybridized carbons (Fsp3) is 0.364. The number of carbonyl (C=O) groups excluding carboxylic acids is 1. The van der Waals surface area contributed by atoms with Crippen LogP contribution in [-0.2, 0) is 4.74 Å². The van der Waals surface area contributed by atoms with E-state index in [2.05, 4.69) is 25.1 Å². The Morgan fingerprint density at radius 1 is 1.27 bits per heavy atom. The number of nitrogens with two attached hydrogens (primary N) is 1. The maximum Gasteiger partial charge on any atom is 0.271 e. The SMILES string of the molecule is CCOC1CCC(n2cc(-c3oc(-c4cn[nH]c4)nc3C(N)=O)c(-c3cnccn3)n2)CC1. The normalized spacial score (nSPS) is 18.5. The summed E-state index contributed by atoms with van der Waals surface area (Å²) in [6.45, 7) is 2.74. The Morgan fingerprint density at radius 2 is 2.12 bits per heavy atom. The van der Waals surface area contributed by atoms with Crippen LogP contribution in [0, 0.1) is 0 Å². The molecular formula is C22H24N8O3. The van der Waals surface area contributed by atoms with E-state index in [1.165, 1.54) is 0 Å². The van der Waals surface area contributed by atoms with Gasteiger partial charge in [0.25, 0.3) is 5.91 Å². The molecule has 1 amide bonds. The van der Waals surface area contributed by atoms with Gasteiger partial charge in [0.2, 0.25) is 5.89 Å². The lowest BCUT2D eigenvalue weighted by Crippen LogP contribution is -2.24. The zero-order chi connectivity index (χ0) is 22.8. The number of hydrogen-bond donors (Lipinski definition) is 2. The first kappa shape index (κ1) is 21.0. The number of oxazole rings is 1. The highest BCUT2D eigenvalue weighted by molar-refractivity contribution is 5.98. The van der Waals surface area contributed by atoms with Crippen molar-refractivity contribution in [1.82, 2.24) is 34.9 Å². The molecule has 0 spiro atoms. The first-order valence-electron chi connectivity index (χ1n) is 10.9. The Morgan fingerprint density at radius 3 is 2.79 bits per heavy atom. The Hall–Kier alpha value is -3.86. The summed E-state index contributed by atoms with van der Waals surface area (Å²) in [6, 6.07) is 0.194. The molecule has 1 aliphatic carbocycles. The minimum Gasteiger partial charge on any atom is -0.435 e. The summed E-state index contributed by atoms with van der Waals surface area (Å²) in [5.41, 5.74) is 7.97. The topological polar surface area (TPSA) is 151 Å². The molecule has 4 heterocycles. The van der Waals surface area contributed by atoms with E-state index in [0.717, 1.165) is 32.3 Å². The first-order valence-corrected chi connectivity index (χ1v) is 10.9. The minimum atomic E-state index is -0.696. The number of nitrogens with one attached hydrogen (secondary N) is 1. The van der Waals surface area contributed by atoms with Crippen molar-refractivity contribution in [3.63, 3.8) is 0 Å². The van der Waals surface area contributed by atoms with Crippen LogP contribution in [0.5, 0.6) is 0 Å². The lowest BCUT2D eigenvalue weighted by atomic mass is 9.93. The van der Waals surface area contributed by atoms with Crippen LogP contribution in [-0.4, -0.2) is 53.5 Å². The van der Waals surface area contributed by atoms with E-state index >= 15 is 0 Å². The van der Waals surface area contributed by atoms with Gasteiger partial charge in [0.15, 0.2) is 11.5 Å². The van der Waals surface area contributed by atoms with E-state index in [1.54, 1.807) is 31.0 Å². The lowest BCUT2D eigenvalue weighted by molar-refractivity contribution is 0.0260. The molecular weight excluding hydrogens is 424 g/mol. The monoisotopic (exact) mass is 448 g/mol. The van der Waals surface area contributed by atoms with Gasteiger partial charge in [0.05, 0.1) is 35.7 Å². The highest BCUT2D eigenvalue weighted by Crippen LogP contribution is 2.38. The number of H-pyrrole nitrogens is 1. The number of rotatable bonds is 7. The average molecular weight is 448 g/mol. The maximum absolute atomic E-state index is 12.2. The number of amides is 1. The third-order valence-corrected chi connectivity index (χ3v) is 5.81. The van der Waals surface area contributed by atoms with Crippen molar-refractivity contribution in [3.8, 4) is 34.2 Å². The zero-order valence-corrected chi connectivity index (χ0v) is 18.1. The van der Waals surface area contributed by atoms with Gasteiger partial charge in [0.1, 0.15) is 11.4 Å². The van der Waals surface area contributed by atoms with Crippen LogP contribution in [0.2, 0.25) is 0 Å². The summed E-state index contributed by atoms with van der Waals surface area (Å²) in [6.07, 6.45) is 14.0. The molecule has 3 N–H and O–H groups in total. The summed E-state index contributed by atoms with van der Waals surface area (Å²) < 4.78 is 13.7. The molecule has 11 heteroatoms. The number of carbonyl (C=O) groups is 1. The molecule has 33 heavy (non-hydrogen) atoms. The molecule has 4 aromatic heterocycles. The van der Waals surface area contributed by atoms with Crippen molar-refractivity contribution in [3.05, 3.63) is 42.9 Å². The van der Waals surface area contributed by atoms with Crippen molar-refractivity contribution < 1.29 is 13.9 Å². The quantitative estimate of drug-likeness (QED) is 0.438. The highest BCUT2D eigenvalue weighted by Gasteiger charge is 2.29. The second-order valence-electron chi connectivity index (χ2n) is 7.90. The predicted molar refractivity (Wildman–Crippen MR) is 118 cm³/mol. The van der Waals surface area contributed by atoms with Gasteiger partial charge < -0.3 is 14.9 Å². The average Bonchev–Trinajstić information content (AvgIpc) is 3.59. The van der Waals surface area contributed by atoms with Crippen LogP contribution in [0.3, 0.4) is 0 Å². The molecule has 0 radical (unpaired) electrons. The fourth-order valence-corrected chi connectivity index (χ4v) is 4.23. The van der Waals surface area contributed by atoms with Crippen molar-refractivity contribution in [2.24, 2.45) is 5.73 Å². The Balaban J connectivity index is 1.58. The molecule has 0 saturated heterocycles. The van der Waals surface area contributed by atoms with Gasteiger partial charge in [-0.25, -0.2) is 4.98 Å². The third kappa shape index (κ3) is 4.14. The number of aromatic nitrogens is 7. The van der Waals surface area contributed by atoms with Crippen LogP contribution in [0.25, 0.3) is 34.2 Å². The maximum atomic E-state index is 12.2. The molecule has 11 nitrogen and oxygen atoms in total. The van der Waals surface area contributed by atoms with E-state index in [9.17, 15) is 4.79 Å². The van der Waals surface area contributed by atoms with Crippen LogP contribution in [0.4, 0.5) is 0 Å². The van der Waals surface area contributed by atoms with Crippen molar-refractivity contribution in [1.29, 1.82) is 0 Å². The van der Waals surface area contributed by atoms with E-state index in [0.29, 0.717) is 22.5 Å².